The second-order valence-electron chi connectivity index (χ2n) is 2.48. The van der Waals surface area contributed by atoms with Gasteiger partial charge < -0.3 is 10.4 Å². The lowest BCUT2D eigenvalue weighted by Crippen LogP contribution is -1.87. The third-order valence-corrected chi connectivity index (χ3v) is 1.82. The van der Waals surface area contributed by atoms with Crippen molar-refractivity contribution in [2.24, 2.45) is 0 Å². The number of rotatable bonds is 2. The van der Waals surface area contributed by atoms with Gasteiger partial charge in [-0.05, 0) is 30.7 Å². The first-order valence-electron chi connectivity index (χ1n) is 3.55. The number of aliphatic hydroxyl groups excluding tert-OH is 1. The summed E-state index contributed by atoms with van der Waals surface area (Å²) in [5.74, 6) is 0. The Morgan fingerprint density at radius 1 is 1.42 bits per heavy atom. The lowest BCUT2D eigenvalue weighted by molar-refractivity contribution is 0.473. The molecule has 0 aliphatic rings. The summed E-state index contributed by atoms with van der Waals surface area (Å²) in [5.41, 5.74) is 2.12. The molecule has 1 aromatic carbocycles. The van der Waals surface area contributed by atoms with Crippen LogP contribution >= 0.6 is 15.9 Å². The summed E-state index contributed by atoms with van der Waals surface area (Å²) in [6, 6.07) is 5.95. The maximum atomic E-state index is 8.41. The number of hydrogen-bond acceptors (Lipinski definition) is 2. The SMILES string of the molecule is Cc1cc(Br)cc(NC=CO)c1. The highest BCUT2D eigenvalue weighted by Crippen LogP contribution is 2.18. The van der Waals surface area contributed by atoms with Crippen LogP contribution in [-0.4, -0.2) is 5.11 Å². The summed E-state index contributed by atoms with van der Waals surface area (Å²) in [6.45, 7) is 2.01. The summed E-state index contributed by atoms with van der Waals surface area (Å²) in [7, 11) is 0. The molecule has 0 saturated carbocycles. The Balaban J connectivity index is 2.85. The van der Waals surface area contributed by atoms with Gasteiger partial charge in [0.05, 0.1) is 6.26 Å². The lowest BCUT2D eigenvalue weighted by Gasteiger charge is -2.02. The van der Waals surface area contributed by atoms with Crippen molar-refractivity contribution in [1.29, 1.82) is 0 Å². The molecule has 0 bridgehead atoms. The molecule has 1 aromatic rings. The van der Waals surface area contributed by atoms with Gasteiger partial charge in [-0.3, -0.25) is 0 Å². The highest BCUT2D eigenvalue weighted by Gasteiger charge is 1.93. The number of anilines is 1. The van der Waals surface area contributed by atoms with Crippen molar-refractivity contribution < 1.29 is 5.11 Å². The quantitative estimate of drug-likeness (QED) is 0.761. The predicted octanol–water partition coefficient (Wildman–Crippen LogP) is 3.20. The molecule has 0 aliphatic heterocycles. The number of benzene rings is 1. The van der Waals surface area contributed by atoms with E-state index in [1.54, 1.807) is 0 Å². The number of nitrogens with one attached hydrogen (secondary N) is 1. The van der Waals surface area contributed by atoms with Gasteiger partial charge in [-0.25, -0.2) is 0 Å². The summed E-state index contributed by atoms with van der Waals surface area (Å²) < 4.78 is 1.02. The first kappa shape index (κ1) is 9.13. The zero-order valence-corrected chi connectivity index (χ0v) is 8.30. The summed E-state index contributed by atoms with van der Waals surface area (Å²) in [6.07, 6.45) is 2.44. The van der Waals surface area contributed by atoms with Crippen LogP contribution in [0.2, 0.25) is 0 Å². The average molecular weight is 228 g/mol. The standard InChI is InChI=1S/C9H10BrNO/c1-7-4-8(10)6-9(5-7)11-2-3-12/h2-6,11-12H,1H3. The molecule has 0 aromatic heterocycles. The first-order chi connectivity index (χ1) is 5.72. The van der Waals surface area contributed by atoms with Crippen LogP contribution in [0.1, 0.15) is 5.56 Å². The van der Waals surface area contributed by atoms with E-state index in [1.807, 2.05) is 25.1 Å². The molecule has 2 nitrogen and oxygen atoms in total. The maximum absolute atomic E-state index is 8.41. The van der Waals surface area contributed by atoms with Gasteiger partial charge in [0.25, 0.3) is 0 Å². The van der Waals surface area contributed by atoms with Gasteiger partial charge >= 0.3 is 0 Å². The molecule has 2 N–H and O–H groups in total. The Labute approximate surface area is 80.0 Å². The van der Waals surface area contributed by atoms with E-state index >= 15 is 0 Å². The van der Waals surface area contributed by atoms with E-state index in [-0.39, 0.29) is 0 Å². The van der Waals surface area contributed by atoms with Gasteiger partial charge in [0.1, 0.15) is 0 Å². The van der Waals surface area contributed by atoms with Crippen LogP contribution in [0.3, 0.4) is 0 Å². The molecule has 0 fully saturated rings. The molecular formula is C9H10BrNO. The summed E-state index contributed by atoms with van der Waals surface area (Å²) in [5, 5.41) is 11.3. The van der Waals surface area contributed by atoms with Crippen molar-refractivity contribution in [2.45, 2.75) is 6.92 Å². The van der Waals surface area contributed by atoms with Crippen molar-refractivity contribution in [1.82, 2.24) is 0 Å². The fraction of sp³-hybridized carbons (Fsp3) is 0.111. The molecule has 0 amide bonds. The van der Waals surface area contributed by atoms with Crippen LogP contribution in [0, 0.1) is 6.92 Å². The third kappa shape index (κ3) is 2.58. The lowest BCUT2D eigenvalue weighted by atomic mass is 10.2. The van der Waals surface area contributed by atoms with Gasteiger partial charge in [-0.2, -0.15) is 0 Å². The highest BCUT2D eigenvalue weighted by molar-refractivity contribution is 9.10. The van der Waals surface area contributed by atoms with Crippen LogP contribution in [0.25, 0.3) is 0 Å². The Hall–Kier alpha value is -0.960. The smallest absolute Gasteiger partial charge is 0.0951 e. The fourth-order valence-corrected chi connectivity index (χ4v) is 1.56. The maximum Gasteiger partial charge on any atom is 0.0951 e. The van der Waals surface area contributed by atoms with E-state index in [0.29, 0.717) is 0 Å². The minimum Gasteiger partial charge on any atom is -0.514 e. The van der Waals surface area contributed by atoms with Crippen molar-refractivity contribution in [3.63, 3.8) is 0 Å². The van der Waals surface area contributed by atoms with E-state index in [0.717, 1.165) is 16.4 Å². The van der Waals surface area contributed by atoms with Crippen LogP contribution < -0.4 is 5.32 Å². The van der Waals surface area contributed by atoms with Crippen LogP contribution in [0.15, 0.2) is 35.1 Å². The highest BCUT2D eigenvalue weighted by atomic mass is 79.9. The first-order valence-corrected chi connectivity index (χ1v) is 4.34. The van der Waals surface area contributed by atoms with Crippen molar-refractivity contribution in [3.8, 4) is 0 Å². The number of aliphatic hydroxyl groups is 1. The monoisotopic (exact) mass is 227 g/mol. The molecule has 1 rings (SSSR count). The minimum atomic E-state index is 0.951. The molecule has 64 valence electrons. The predicted molar refractivity (Wildman–Crippen MR) is 54.3 cm³/mol. The normalized spacial score (nSPS) is 10.5. The molecule has 0 spiro atoms. The molecule has 0 atom stereocenters. The van der Waals surface area contributed by atoms with E-state index < -0.39 is 0 Å². The molecule has 3 heteroatoms. The van der Waals surface area contributed by atoms with E-state index in [2.05, 4.69) is 21.2 Å². The van der Waals surface area contributed by atoms with E-state index in [4.69, 9.17) is 5.11 Å². The fourth-order valence-electron chi connectivity index (χ4n) is 0.953. The van der Waals surface area contributed by atoms with Gasteiger partial charge in [0, 0.05) is 16.4 Å². The van der Waals surface area contributed by atoms with Crippen LogP contribution in [-0.2, 0) is 0 Å². The van der Waals surface area contributed by atoms with Gasteiger partial charge in [0.2, 0.25) is 0 Å². The number of halogens is 1. The zero-order chi connectivity index (χ0) is 8.97. The molecule has 0 unspecified atom stereocenters. The largest absolute Gasteiger partial charge is 0.514 e. The van der Waals surface area contributed by atoms with Crippen molar-refractivity contribution in [2.75, 3.05) is 5.32 Å². The zero-order valence-electron chi connectivity index (χ0n) is 6.71. The second-order valence-corrected chi connectivity index (χ2v) is 3.39. The Morgan fingerprint density at radius 3 is 2.75 bits per heavy atom. The van der Waals surface area contributed by atoms with E-state index in [1.165, 1.54) is 11.8 Å². The van der Waals surface area contributed by atoms with Gasteiger partial charge in [0.15, 0.2) is 0 Å². The van der Waals surface area contributed by atoms with E-state index in [9.17, 15) is 0 Å². The van der Waals surface area contributed by atoms with Gasteiger partial charge in [-0.15, -0.1) is 0 Å². The van der Waals surface area contributed by atoms with Crippen molar-refractivity contribution in [3.05, 3.63) is 40.7 Å². The Morgan fingerprint density at radius 2 is 2.17 bits per heavy atom. The van der Waals surface area contributed by atoms with Gasteiger partial charge in [-0.1, -0.05) is 15.9 Å². The molecule has 0 radical (unpaired) electrons. The van der Waals surface area contributed by atoms with Crippen molar-refractivity contribution >= 4 is 21.6 Å². The molecule has 0 saturated heterocycles. The summed E-state index contributed by atoms with van der Waals surface area (Å²) in [4.78, 5) is 0. The van der Waals surface area contributed by atoms with Crippen LogP contribution in [0.5, 0.6) is 0 Å². The molecular weight excluding hydrogens is 218 g/mol. The third-order valence-electron chi connectivity index (χ3n) is 1.37. The van der Waals surface area contributed by atoms with Crippen LogP contribution in [0.4, 0.5) is 5.69 Å². The summed E-state index contributed by atoms with van der Waals surface area (Å²) >= 11 is 3.38. The topological polar surface area (TPSA) is 32.3 Å². The molecule has 0 heterocycles. The number of aryl methyl sites for hydroxylation is 1. The Kier molecular flexibility index (Phi) is 3.17. The minimum absolute atomic E-state index is 0.951. The Bertz CT molecular complexity index is 276. The molecule has 0 aliphatic carbocycles. The number of hydrogen-bond donors (Lipinski definition) is 2. The molecule has 12 heavy (non-hydrogen) atoms. The average Bonchev–Trinajstić information content (AvgIpc) is 1.99. The second kappa shape index (κ2) is 4.16.